The van der Waals surface area contributed by atoms with Crippen molar-refractivity contribution in [2.75, 3.05) is 0 Å². The molecule has 0 radical (unpaired) electrons. The van der Waals surface area contributed by atoms with Gasteiger partial charge in [-0.05, 0) is 13.0 Å². The van der Waals surface area contributed by atoms with Crippen LogP contribution in [0.5, 0.6) is 0 Å². The molecule has 1 unspecified atom stereocenters. The van der Waals surface area contributed by atoms with E-state index in [4.69, 9.17) is 23.2 Å². The molecule has 1 aliphatic heterocycles. The Morgan fingerprint density at radius 2 is 2.00 bits per heavy atom. The third kappa shape index (κ3) is 2.08. The zero-order valence-electron chi connectivity index (χ0n) is 9.58. The van der Waals surface area contributed by atoms with Crippen molar-refractivity contribution in [3.8, 4) is 5.69 Å². The minimum absolute atomic E-state index is 0.396. The maximum Gasteiger partial charge on any atom is 0.133 e. The number of rotatable bonds is 2. The third-order valence-corrected chi connectivity index (χ3v) is 3.69. The van der Waals surface area contributed by atoms with Gasteiger partial charge in [-0.2, -0.15) is 8.73 Å². The predicted molar refractivity (Wildman–Crippen MR) is 73.6 cm³/mol. The van der Waals surface area contributed by atoms with Crippen LogP contribution in [0.2, 0.25) is 10.0 Å². The smallest absolute Gasteiger partial charge is 0.133 e. The summed E-state index contributed by atoms with van der Waals surface area (Å²) in [6, 6.07) is 1.59. The largest absolute Gasteiger partial charge is 0.387 e. The summed E-state index contributed by atoms with van der Waals surface area (Å²) in [7, 11) is 0. The van der Waals surface area contributed by atoms with E-state index in [1.165, 1.54) is 4.68 Å². The minimum Gasteiger partial charge on any atom is -0.387 e. The first-order valence-corrected chi connectivity index (χ1v) is 6.77. The Labute approximate surface area is 121 Å². The molecule has 0 bridgehead atoms. The van der Waals surface area contributed by atoms with Gasteiger partial charge in [-0.25, -0.2) is 4.68 Å². The number of halogens is 2. The first kappa shape index (κ1) is 12.7. The van der Waals surface area contributed by atoms with Crippen LogP contribution in [0.1, 0.15) is 18.7 Å². The van der Waals surface area contributed by atoms with Gasteiger partial charge in [0.2, 0.25) is 0 Å². The minimum atomic E-state index is -0.705. The molecule has 0 spiro atoms. The summed E-state index contributed by atoms with van der Waals surface area (Å²) in [5.74, 6) is 0. The Hall–Kier alpha value is -1.28. The molecule has 1 aromatic heterocycles. The van der Waals surface area contributed by atoms with Gasteiger partial charge in [-0.1, -0.05) is 28.4 Å². The van der Waals surface area contributed by atoms with Gasteiger partial charge in [0.05, 0.1) is 33.7 Å². The molecule has 1 aliphatic rings. The van der Waals surface area contributed by atoms with Crippen LogP contribution < -0.4 is 0 Å². The molecular weight excluding hydrogens is 309 g/mol. The maximum absolute atomic E-state index is 9.47. The molecule has 2 heterocycles. The molecule has 0 amide bonds. The zero-order chi connectivity index (χ0) is 13.6. The van der Waals surface area contributed by atoms with Gasteiger partial charge >= 0.3 is 0 Å². The van der Waals surface area contributed by atoms with E-state index in [1.54, 1.807) is 19.2 Å². The first-order valence-electron chi connectivity index (χ1n) is 5.29. The molecule has 0 aliphatic carbocycles. The molecule has 0 saturated carbocycles. The topological polar surface area (TPSA) is 75.7 Å². The molecule has 6 nitrogen and oxygen atoms in total. The Morgan fingerprint density at radius 3 is 2.68 bits per heavy atom. The number of fused-ring (bicyclic) bond motifs is 1. The predicted octanol–water partition coefficient (Wildman–Crippen LogP) is 3.35. The van der Waals surface area contributed by atoms with E-state index in [1.807, 2.05) is 0 Å². The molecule has 1 aromatic carbocycles. The zero-order valence-corrected chi connectivity index (χ0v) is 11.9. The summed E-state index contributed by atoms with van der Waals surface area (Å²) < 4.78 is 9.76. The summed E-state index contributed by atoms with van der Waals surface area (Å²) in [6.45, 7) is 1.61. The third-order valence-electron chi connectivity index (χ3n) is 2.59. The van der Waals surface area contributed by atoms with Gasteiger partial charge in [0, 0.05) is 0 Å². The number of aromatic nitrogens is 3. The quantitative estimate of drug-likeness (QED) is 0.787. The van der Waals surface area contributed by atoms with Gasteiger partial charge in [0.25, 0.3) is 0 Å². The van der Waals surface area contributed by atoms with Crippen molar-refractivity contribution in [1.82, 2.24) is 15.0 Å². The fourth-order valence-electron chi connectivity index (χ4n) is 1.66. The van der Waals surface area contributed by atoms with Crippen molar-refractivity contribution in [3.63, 3.8) is 0 Å². The monoisotopic (exact) mass is 315 g/mol. The van der Waals surface area contributed by atoms with E-state index in [-0.39, 0.29) is 0 Å². The molecule has 0 saturated heterocycles. The van der Waals surface area contributed by atoms with E-state index in [0.717, 1.165) is 11.4 Å². The Kier molecular flexibility index (Phi) is 3.14. The number of aliphatic hydroxyl groups is 1. The van der Waals surface area contributed by atoms with Gasteiger partial charge < -0.3 is 5.11 Å². The van der Waals surface area contributed by atoms with E-state index >= 15 is 0 Å². The molecule has 98 valence electrons. The van der Waals surface area contributed by atoms with Crippen LogP contribution in [0, 0.1) is 0 Å². The summed E-state index contributed by atoms with van der Waals surface area (Å²) in [6.07, 6.45) is 0.891. The fourth-order valence-corrected chi connectivity index (χ4v) is 2.85. The number of benzene rings is 1. The second-order valence-electron chi connectivity index (χ2n) is 3.91. The molecule has 1 N–H and O–H groups in total. The van der Waals surface area contributed by atoms with Gasteiger partial charge in [0.15, 0.2) is 0 Å². The number of hydrogen-bond acceptors (Lipinski definition) is 5. The SMILES string of the molecule is CC(O)c1cn(-c2c(Cl)cc(Cl)c3c2N=S=N3)nn1. The average molecular weight is 316 g/mol. The van der Waals surface area contributed by atoms with Crippen LogP contribution in [0.25, 0.3) is 5.69 Å². The van der Waals surface area contributed by atoms with Crippen molar-refractivity contribution in [2.45, 2.75) is 13.0 Å². The summed E-state index contributed by atoms with van der Waals surface area (Å²) in [5, 5.41) is 18.1. The molecule has 0 fully saturated rings. The van der Waals surface area contributed by atoms with Crippen LogP contribution in [0.15, 0.2) is 21.0 Å². The standard InChI is InChI=1S/C10H7Cl2N5OS/c1-4(18)7-3-17(16-13-7)10-6(12)2-5(11)8-9(10)15-19-14-8/h2-4,18H,1H3. The molecule has 9 heteroatoms. The van der Waals surface area contributed by atoms with Crippen molar-refractivity contribution in [1.29, 1.82) is 0 Å². The Morgan fingerprint density at radius 1 is 1.26 bits per heavy atom. The fraction of sp³-hybridized carbons (Fsp3) is 0.200. The van der Waals surface area contributed by atoms with E-state index in [2.05, 4.69) is 19.0 Å². The highest BCUT2D eigenvalue weighted by Crippen LogP contribution is 2.46. The van der Waals surface area contributed by atoms with E-state index < -0.39 is 6.10 Å². The summed E-state index contributed by atoms with van der Waals surface area (Å²) in [5.41, 5.74) is 2.13. The van der Waals surface area contributed by atoms with Gasteiger partial charge in [-0.15, -0.1) is 5.10 Å². The van der Waals surface area contributed by atoms with Crippen LogP contribution in [-0.4, -0.2) is 20.1 Å². The van der Waals surface area contributed by atoms with Crippen LogP contribution in [0.3, 0.4) is 0 Å². The van der Waals surface area contributed by atoms with Crippen molar-refractivity contribution in [2.24, 2.45) is 8.73 Å². The lowest BCUT2D eigenvalue weighted by atomic mass is 10.2. The van der Waals surface area contributed by atoms with Crippen LogP contribution in [0.4, 0.5) is 11.4 Å². The second-order valence-corrected chi connectivity index (χ2v) is 5.26. The lowest BCUT2D eigenvalue weighted by Crippen LogP contribution is -1.97. The van der Waals surface area contributed by atoms with Gasteiger partial charge in [-0.3, -0.25) is 0 Å². The van der Waals surface area contributed by atoms with Gasteiger partial charge in [0.1, 0.15) is 22.8 Å². The number of nitrogens with zero attached hydrogens (tertiary/aromatic N) is 5. The first-order chi connectivity index (χ1) is 9.08. The van der Waals surface area contributed by atoms with E-state index in [0.29, 0.717) is 32.8 Å². The molecule has 2 aromatic rings. The number of aliphatic hydroxyl groups excluding tert-OH is 1. The number of hydrogen-bond donors (Lipinski definition) is 1. The van der Waals surface area contributed by atoms with Crippen molar-refractivity contribution < 1.29 is 5.11 Å². The summed E-state index contributed by atoms with van der Waals surface area (Å²) >= 11 is 13.3. The van der Waals surface area contributed by atoms with Crippen LogP contribution >= 0.6 is 23.2 Å². The normalized spacial score (nSPS) is 14.3. The second kappa shape index (κ2) is 4.68. The highest BCUT2D eigenvalue weighted by Gasteiger charge is 2.21. The maximum atomic E-state index is 9.47. The molecular formula is C10H7Cl2N5OS. The molecule has 1 atom stereocenters. The molecule has 19 heavy (non-hydrogen) atoms. The van der Waals surface area contributed by atoms with E-state index in [9.17, 15) is 5.11 Å². The summed E-state index contributed by atoms with van der Waals surface area (Å²) in [4.78, 5) is 0. The molecule has 3 rings (SSSR count). The lowest BCUT2D eigenvalue weighted by Gasteiger charge is -2.08. The lowest BCUT2D eigenvalue weighted by molar-refractivity contribution is 0.194. The highest BCUT2D eigenvalue weighted by atomic mass is 35.5. The van der Waals surface area contributed by atoms with Crippen LogP contribution in [-0.2, 0) is 11.4 Å². The Balaban J connectivity index is 2.20. The Bertz CT molecular complexity index is 736. The highest BCUT2D eigenvalue weighted by molar-refractivity contribution is 7.58. The van der Waals surface area contributed by atoms with Crippen molar-refractivity contribution in [3.05, 3.63) is 28.0 Å². The average Bonchev–Trinajstić information content (AvgIpc) is 2.97. The van der Waals surface area contributed by atoms with Crippen molar-refractivity contribution >= 4 is 45.9 Å².